The van der Waals surface area contributed by atoms with Crippen LogP contribution in [-0.4, -0.2) is 21.0 Å². The van der Waals surface area contributed by atoms with Crippen molar-refractivity contribution in [2.24, 2.45) is 10.9 Å². The molecule has 7 rings (SSSR count). The first-order valence-corrected chi connectivity index (χ1v) is 11.3. The minimum Gasteiger partial charge on any atom is -0.300 e. The average Bonchev–Trinajstić information content (AvgIpc) is 3.05. The second-order valence-electron chi connectivity index (χ2n) is 9.03. The zero-order valence-electron chi connectivity index (χ0n) is 17.0. The Labute approximate surface area is 184 Å². The van der Waals surface area contributed by atoms with Crippen LogP contribution in [0, 0.1) is 5.92 Å². The Morgan fingerprint density at radius 2 is 1.90 bits per heavy atom. The molecule has 1 aromatic heterocycles. The molecule has 0 spiro atoms. The summed E-state index contributed by atoms with van der Waals surface area (Å²) in [4.78, 5) is 21.9. The molecule has 2 heterocycles. The van der Waals surface area contributed by atoms with Crippen LogP contribution in [0.1, 0.15) is 72.0 Å². The van der Waals surface area contributed by atoms with Crippen LogP contribution >= 0.6 is 15.9 Å². The molecule has 4 aliphatic rings. The van der Waals surface area contributed by atoms with Crippen molar-refractivity contribution in [1.29, 1.82) is 0 Å². The summed E-state index contributed by atoms with van der Waals surface area (Å²) in [6.07, 6.45) is 5.72. The minimum atomic E-state index is -0.181. The number of rotatable bonds is 3. The summed E-state index contributed by atoms with van der Waals surface area (Å²) in [5, 5.41) is 0. The summed E-state index contributed by atoms with van der Waals surface area (Å²) in [7, 11) is 0. The van der Waals surface area contributed by atoms with Gasteiger partial charge in [-0.05, 0) is 61.3 Å². The molecule has 2 bridgehead atoms. The highest BCUT2D eigenvalue weighted by Gasteiger charge is 2.57. The first kappa shape index (κ1) is 18.3. The molecule has 150 valence electrons. The van der Waals surface area contributed by atoms with E-state index in [1.165, 1.54) is 24.8 Å². The molecule has 0 radical (unpaired) electrons. The normalized spacial score (nSPS) is 25.9. The molecule has 3 saturated carbocycles. The Hall–Kier alpha value is -2.53. The van der Waals surface area contributed by atoms with Gasteiger partial charge in [0.1, 0.15) is 12.0 Å². The van der Waals surface area contributed by atoms with Gasteiger partial charge in [0.05, 0.1) is 23.1 Å². The Kier molecular flexibility index (Phi) is 3.80. The van der Waals surface area contributed by atoms with Crippen LogP contribution < -0.4 is 0 Å². The molecule has 4 nitrogen and oxygen atoms in total. The van der Waals surface area contributed by atoms with Gasteiger partial charge in [-0.1, -0.05) is 40.2 Å². The van der Waals surface area contributed by atoms with Gasteiger partial charge in [-0.25, -0.2) is 4.98 Å². The molecule has 3 aliphatic carbocycles. The van der Waals surface area contributed by atoms with Crippen LogP contribution in [0.4, 0.5) is 0 Å². The quantitative estimate of drug-likeness (QED) is 0.464. The van der Waals surface area contributed by atoms with E-state index in [-0.39, 0.29) is 11.8 Å². The summed E-state index contributed by atoms with van der Waals surface area (Å²) in [6.45, 7) is 3.62. The van der Waals surface area contributed by atoms with Crippen LogP contribution in [0.2, 0.25) is 0 Å². The molecular formula is C25H22BrN3O. The second-order valence-corrected chi connectivity index (χ2v) is 9.88. The van der Waals surface area contributed by atoms with Gasteiger partial charge < -0.3 is 0 Å². The fourth-order valence-corrected chi connectivity index (χ4v) is 5.98. The highest BCUT2D eigenvalue weighted by Crippen LogP contribution is 2.65. The van der Waals surface area contributed by atoms with E-state index >= 15 is 0 Å². The Morgan fingerprint density at radius 1 is 1.13 bits per heavy atom. The SMILES string of the molecule is CC(=O)c1ncn2c1[C@@H](C)N=C(c1ccccc1Br)c1cc(C34CC(C3)C4)ccc1-2. The van der Waals surface area contributed by atoms with E-state index in [9.17, 15) is 4.79 Å². The van der Waals surface area contributed by atoms with E-state index in [0.29, 0.717) is 11.1 Å². The van der Waals surface area contributed by atoms with Crippen molar-refractivity contribution in [1.82, 2.24) is 9.55 Å². The number of imidazole rings is 1. The van der Waals surface area contributed by atoms with E-state index < -0.39 is 0 Å². The van der Waals surface area contributed by atoms with E-state index in [2.05, 4.69) is 55.8 Å². The lowest BCUT2D eigenvalue weighted by Gasteiger charge is -2.62. The van der Waals surface area contributed by atoms with Gasteiger partial charge in [0.15, 0.2) is 5.78 Å². The lowest BCUT2D eigenvalue weighted by atomic mass is 9.42. The van der Waals surface area contributed by atoms with Crippen molar-refractivity contribution < 1.29 is 4.79 Å². The van der Waals surface area contributed by atoms with Gasteiger partial charge in [-0.2, -0.15) is 0 Å². The van der Waals surface area contributed by atoms with Gasteiger partial charge in [-0.15, -0.1) is 0 Å². The number of carbonyl (C=O) groups is 1. The van der Waals surface area contributed by atoms with Gasteiger partial charge in [0.25, 0.3) is 0 Å². The first-order chi connectivity index (χ1) is 14.5. The number of carbonyl (C=O) groups excluding carboxylic acids is 1. The molecular weight excluding hydrogens is 438 g/mol. The number of hydrogen-bond acceptors (Lipinski definition) is 3. The van der Waals surface area contributed by atoms with Crippen LogP contribution in [-0.2, 0) is 5.41 Å². The van der Waals surface area contributed by atoms with Crippen LogP contribution in [0.5, 0.6) is 0 Å². The highest BCUT2D eigenvalue weighted by molar-refractivity contribution is 9.10. The van der Waals surface area contributed by atoms with E-state index in [1.54, 1.807) is 13.3 Å². The third-order valence-corrected chi connectivity index (χ3v) is 7.84. The molecule has 0 N–H and O–H groups in total. The molecule has 0 unspecified atom stereocenters. The van der Waals surface area contributed by atoms with Crippen LogP contribution in [0.15, 0.2) is 58.3 Å². The number of aromatic nitrogens is 2. The standard InChI is InChI=1S/C25H22BrN3O/c1-14-24-22(15(2)30)27-13-29(24)21-8-7-17(25-10-16(11-25)12-25)9-19(21)23(28-14)18-5-3-4-6-20(18)26/h3-9,13-14,16H,10-12H2,1-2H3/t14-,16?,25?/m1/s1. The predicted octanol–water partition coefficient (Wildman–Crippen LogP) is 5.80. The maximum absolute atomic E-state index is 12.3. The lowest BCUT2D eigenvalue weighted by Crippen LogP contribution is -2.55. The Bertz CT molecular complexity index is 1240. The molecule has 5 heteroatoms. The largest absolute Gasteiger partial charge is 0.300 e. The van der Waals surface area contributed by atoms with Crippen molar-refractivity contribution in [2.75, 3.05) is 0 Å². The zero-order valence-corrected chi connectivity index (χ0v) is 18.6. The van der Waals surface area contributed by atoms with Crippen LogP contribution in [0.25, 0.3) is 5.69 Å². The van der Waals surface area contributed by atoms with Crippen LogP contribution in [0.3, 0.4) is 0 Å². The van der Waals surface area contributed by atoms with Gasteiger partial charge in [0.2, 0.25) is 0 Å². The zero-order chi connectivity index (χ0) is 20.6. The smallest absolute Gasteiger partial charge is 0.180 e. The number of ketones is 1. The number of Topliss-reactive ketones (excluding diaryl/α,β-unsaturated/α-hetero) is 1. The fourth-order valence-electron chi connectivity index (χ4n) is 5.51. The fraction of sp³-hybridized carbons (Fsp3) is 0.320. The summed E-state index contributed by atoms with van der Waals surface area (Å²) < 4.78 is 3.09. The summed E-state index contributed by atoms with van der Waals surface area (Å²) in [5.41, 5.74) is 7.37. The molecule has 3 aromatic rings. The number of hydrogen-bond donors (Lipinski definition) is 0. The topological polar surface area (TPSA) is 47.2 Å². The maximum atomic E-state index is 12.3. The number of nitrogens with zero attached hydrogens (tertiary/aromatic N) is 3. The molecule has 2 aromatic carbocycles. The predicted molar refractivity (Wildman–Crippen MR) is 121 cm³/mol. The minimum absolute atomic E-state index is 0.0258. The third-order valence-electron chi connectivity index (χ3n) is 7.15. The third kappa shape index (κ3) is 2.41. The first-order valence-electron chi connectivity index (χ1n) is 10.5. The second kappa shape index (κ2) is 6.24. The van der Waals surface area contributed by atoms with Crippen molar-refractivity contribution in [2.45, 2.75) is 44.6 Å². The van der Waals surface area contributed by atoms with E-state index in [1.807, 2.05) is 19.1 Å². The van der Waals surface area contributed by atoms with E-state index in [4.69, 9.17) is 4.99 Å². The number of benzene rings is 2. The number of halogens is 1. The van der Waals surface area contributed by atoms with Gasteiger partial charge in [-0.3, -0.25) is 14.4 Å². The molecule has 3 fully saturated rings. The summed E-state index contributed by atoms with van der Waals surface area (Å²) in [5.74, 6) is 0.904. The van der Waals surface area contributed by atoms with Crippen molar-refractivity contribution >= 4 is 27.4 Å². The molecule has 0 amide bonds. The lowest BCUT2D eigenvalue weighted by molar-refractivity contribution is -0.0274. The van der Waals surface area contributed by atoms with E-state index in [0.717, 1.165) is 38.6 Å². The highest BCUT2D eigenvalue weighted by atomic mass is 79.9. The van der Waals surface area contributed by atoms with Crippen molar-refractivity contribution in [3.05, 3.63) is 81.3 Å². The van der Waals surface area contributed by atoms with Gasteiger partial charge >= 0.3 is 0 Å². The number of fused-ring (bicyclic) bond motifs is 3. The van der Waals surface area contributed by atoms with Crippen molar-refractivity contribution in [3.63, 3.8) is 0 Å². The summed E-state index contributed by atoms with van der Waals surface area (Å²) in [6, 6.07) is 14.9. The Morgan fingerprint density at radius 3 is 2.57 bits per heavy atom. The maximum Gasteiger partial charge on any atom is 0.180 e. The average molecular weight is 460 g/mol. The monoisotopic (exact) mass is 459 g/mol. The molecule has 1 atom stereocenters. The summed E-state index contributed by atoms with van der Waals surface area (Å²) >= 11 is 3.73. The molecule has 0 saturated heterocycles. The Balaban J connectivity index is 1.63. The number of aliphatic imine (C=N–C) groups is 1. The molecule has 1 aliphatic heterocycles. The van der Waals surface area contributed by atoms with Gasteiger partial charge in [0, 0.05) is 22.5 Å². The van der Waals surface area contributed by atoms with Crippen molar-refractivity contribution in [3.8, 4) is 5.69 Å². The molecule has 30 heavy (non-hydrogen) atoms.